The van der Waals surface area contributed by atoms with Gasteiger partial charge in [-0.3, -0.25) is 0 Å². The Balaban J connectivity index is 3.61. The molecule has 0 heterocycles. The van der Waals surface area contributed by atoms with Crippen LogP contribution in [-0.2, 0) is 4.74 Å². The van der Waals surface area contributed by atoms with Crippen molar-refractivity contribution < 1.29 is 92.5 Å². The number of ether oxygens (including phenoxy) is 1. The molecule has 0 aromatic heterocycles. The first kappa shape index (κ1) is 34.8. The predicted molar refractivity (Wildman–Crippen MR) is 86.5 cm³/mol. The fourth-order valence-electron chi connectivity index (χ4n) is 2.69. The summed E-state index contributed by atoms with van der Waals surface area (Å²) in [5.74, 6) is -58.0. The van der Waals surface area contributed by atoms with E-state index in [9.17, 15) is 87.8 Å². The number of halogens is 20. The van der Waals surface area contributed by atoms with Crippen LogP contribution in [0.3, 0.4) is 0 Å². The van der Waals surface area contributed by atoms with Crippen molar-refractivity contribution in [2.24, 2.45) is 0 Å². The lowest BCUT2D eigenvalue weighted by Crippen LogP contribution is -2.74. The van der Waals surface area contributed by atoms with E-state index < -0.39 is 78.5 Å². The first-order valence-corrected chi connectivity index (χ1v) is 9.37. The standard InChI is InChI=1S/C18H10F20O/c19-10(20,6-9(39-7-11(21,22)23)8-4-2-1-3-5-8)12(24,25)13(26,27)14(28,29)15(30,31)16(32,33)17(34,35)18(36,37)38/h1-5,9H,6-7H2. The van der Waals surface area contributed by atoms with Gasteiger partial charge in [-0.05, 0) is 5.56 Å². The van der Waals surface area contributed by atoms with Gasteiger partial charge in [-0.25, -0.2) is 0 Å². The Labute approximate surface area is 202 Å². The summed E-state index contributed by atoms with van der Waals surface area (Å²) in [7, 11) is 0. The van der Waals surface area contributed by atoms with Crippen molar-refractivity contribution >= 4 is 0 Å². The maximum Gasteiger partial charge on any atom is 0.460 e. The molecule has 1 nitrogen and oxygen atoms in total. The molecular formula is C18H10F20O. The zero-order chi connectivity index (χ0) is 31.3. The molecule has 1 aromatic carbocycles. The normalized spacial score (nSPS) is 16.4. The second-order valence-corrected chi connectivity index (χ2v) is 7.68. The third-order valence-electron chi connectivity index (χ3n) is 4.85. The molecule has 0 saturated carbocycles. The van der Waals surface area contributed by atoms with Crippen LogP contribution >= 0.6 is 0 Å². The van der Waals surface area contributed by atoms with E-state index in [0.717, 1.165) is 18.2 Å². The Hall–Kier alpha value is -2.22. The average molecular weight is 622 g/mol. The first-order valence-electron chi connectivity index (χ1n) is 9.37. The number of hydrogen-bond donors (Lipinski definition) is 0. The van der Waals surface area contributed by atoms with Gasteiger partial charge in [0, 0.05) is 6.42 Å². The van der Waals surface area contributed by atoms with Gasteiger partial charge >= 0.3 is 53.8 Å². The molecule has 1 unspecified atom stereocenters. The third kappa shape index (κ3) is 5.82. The van der Waals surface area contributed by atoms with Crippen molar-refractivity contribution in [1.82, 2.24) is 0 Å². The lowest BCUT2D eigenvalue weighted by molar-refractivity contribution is -0.462. The minimum Gasteiger partial charge on any atom is -0.364 e. The van der Waals surface area contributed by atoms with Crippen molar-refractivity contribution in [3.05, 3.63) is 35.9 Å². The zero-order valence-corrected chi connectivity index (χ0v) is 17.8. The lowest BCUT2D eigenvalue weighted by Gasteiger charge is -2.43. The molecule has 0 saturated heterocycles. The first-order chi connectivity index (χ1) is 16.9. The molecular weight excluding hydrogens is 612 g/mol. The summed E-state index contributed by atoms with van der Waals surface area (Å²) in [4.78, 5) is 0. The summed E-state index contributed by atoms with van der Waals surface area (Å²) >= 11 is 0. The van der Waals surface area contributed by atoms with E-state index in [2.05, 4.69) is 4.74 Å². The summed E-state index contributed by atoms with van der Waals surface area (Å²) in [5, 5.41) is 0. The molecule has 1 rings (SSSR count). The fourth-order valence-corrected chi connectivity index (χ4v) is 2.69. The topological polar surface area (TPSA) is 9.23 Å². The van der Waals surface area contributed by atoms with Crippen molar-refractivity contribution in [2.45, 2.75) is 66.3 Å². The van der Waals surface area contributed by atoms with E-state index in [-0.39, 0.29) is 0 Å². The van der Waals surface area contributed by atoms with Crippen molar-refractivity contribution in [3.63, 3.8) is 0 Å². The molecule has 228 valence electrons. The Morgan fingerprint density at radius 1 is 0.487 bits per heavy atom. The predicted octanol–water partition coefficient (Wildman–Crippen LogP) is 8.71. The van der Waals surface area contributed by atoms with Gasteiger partial charge in [0.15, 0.2) is 0 Å². The molecule has 1 atom stereocenters. The molecule has 0 fully saturated rings. The van der Waals surface area contributed by atoms with Gasteiger partial charge in [-0.2, -0.15) is 87.8 Å². The molecule has 0 aliphatic heterocycles. The molecule has 39 heavy (non-hydrogen) atoms. The summed E-state index contributed by atoms with van der Waals surface area (Å²) in [6, 6.07) is 3.78. The van der Waals surface area contributed by atoms with Crippen LogP contribution < -0.4 is 0 Å². The summed E-state index contributed by atoms with van der Waals surface area (Å²) in [5.41, 5.74) is -0.950. The highest BCUT2D eigenvalue weighted by Gasteiger charge is 2.95. The molecule has 1 aromatic rings. The molecule has 0 radical (unpaired) electrons. The van der Waals surface area contributed by atoms with Crippen LogP contribution in [0, 0.1) is 0 Å². The molecule has 0 aliphatic rings. The number of alkyl halides is 20. The summed E-state index contributed by atoms with van der Waals surface area (Å²) in [6.45, 7) is -2.57. The molecule has 0 N–H and O–H groups in total. The zero-order valence-electron chi connectivity index (χ0n) is 17.8. The van der Waals surface area contributed by atoms with Crippen LogP contribution in [0.4, 0.5) is 87.8 Å². The van der Waals surface area contributed by atoms with Gasteiger partial charge in [0.05, 0.1) is 6.10 Å². The summed E-state index contributed by atoms with van der Waals surface area (Å²) in [6.07, 6.45) is -19.5. The minimum absolute atomic E-state index is 0.552. The molecule has 0 spiro atoms. The second-order valence-electron chi connectivity index (χ2n) is 7.68. The van der Waals surface area contributed by atoms with Crippen molar-refractivity contribution in [3.8, 4) is 0 Å². The quantitative estimate of drug-likeness (QED) is 0.225. The van der Waals surface area contributed by atoms with Gasteiger partial charge in [-0.1, -0.05) is 30.3 Å². The monoisotopic (exact) mass is 622 g/mol. The number of benzene rings is 1. The second kappa shape index (κ2) is 10.0. The highest BCUT2D eigenvalue weighted by atomic mass is 19.4. The van der Waals surface area contributed by atoms with Crippen LogP contribution in [0.5, 0.6) is 0 Å². The van der Waals surface area contributed by atoms with E-state index in [0.29, 0.717) is 12.1 Å². The largest absolute Gasteiger partial charge is 0.460 e. The van der Waals surface area contributed by atoms with Crippen molar-refractivity contribution in [2.75, 3.05) is 6.61 Å². The highest BCUT2D eigenvalue weighted by molar-refractivity contribution is 5.20. The Morgan fingerprint density at radius 2 is 0.846 bits per heavy atom. The van der Waals surface area contributed by atoms with Crippen LogP contribution in [0.15, 0.2) is 30.3 Å². The highest BCUT2D eigenvalue weighted by Crippen LogP contribution is 2.64. The summed E-state index contributed by atoms with van der Waals surface area (Å²) < 4.78 is 268. The van der Waals surface area contributed by atoms with Crippen molar-refractivity contribution in [1.29, 1.82) is 0 Å². The number of rotatable bonds is 11. The van der Waals surface area contributed by atoms with Gasteiger partial charge < -0.3 is 4.74 Å². The van der Waals surface area contributed by atoms with E-state index >= 15 is 0 Å². The minimum atomic E-state index is -8.80. The molecule has 0 aliphatic carbocycles. The van der Waals surface area contributed by atoms with Gasteiger partial charge in [-0.15, -0.1) is 0 Å². The van der Waals surface area contributed by atoms with Crippen LogP contribution in [-0.4, -0.2) is 60.4 Å². The maximum atomic E-state index is 14.2. The van der Waals surface area contributed by atoms with E-state index in [4.69, 9.17) is 0 Å². The Bertz CT molecular complexity index is 961. The van der Waals surface area contributed by atoms with Crippen LogP contribution in [0.25, 0.3) is 0 Å². The maximum absolute atomic E-state index is 14.2. The lowest BCUT2D eigenvalue weighted by atomic mass is 9.87. The fraction of sp³-hybridized carbons (Fsp3) is 0.667. The molecule has 21 heteroatoms. The molecule has 0 amide bonds. The average Bonchev–Trinajstić information content (AvgIpc) is 2.74. The van der Waals surface area contributed by atoms with Crippen LogP contribution in [0.1, 0.15) is 18.1 Å². The van der Waals surface area contributed by atoms with Gasteiger partial charge in [0.1, 0.15) is 6.61 Å². The Morgan fingerprint density at radius 3 is 1.21 bits per heavy atom. The Kier molecular flexibility index (Phi) is 8.93. The number of hydrogen-bond acceptors (Lipinski definition) is 1. The van der Waals surface area contributed by atoms with Gasteiger partial charge in [0.25, 0.3) is 0 Å². The van der Waals surface area contributed by atoms with Crippen LogP contribution in [0.2, 0.25) is 0 Å². The SMILES string of the molecule is FC(F)(F)COC(CC(F)(F)C(F)(F)C(F)(F)C(F)(F)C(F)(F)C(F)(F)C(F)(F)C(F)(F)F)c1ccccc1. The third-order valence-corrected chi connectivity index (χ3v) is 4.85. The van der Waals surface area contributed by atoms with E-state index in [1.54, 1.807) is 0 Å². The van der Waals surface area contributed by atoms with Gasteiger partial charge in [0.2, 0.25) is 0 Å². The van der Waals surface area contributed by atoms with E-state index in [1.807, 2.05) is 0 Å². The van der Waals surface area contributed by atoms with E-state index in [1.165, 1.54) is 0 Å². The smallest absolute Gasteiger partial charge is 0.364 e. The molecule has 0 bridgehead atoms.